The van der Waals surface area contributed by atoms with Crippen LogP contribution < -0.4 is 14.4 Å². The minimum Gasteiger partial charge on any atom is -0.493 e. The molecule has 6 nitrogen and oxygen atoms in total. The van der Waals surface area contributed by atoms with Crippen molar-refractivity contribution in [2.75, 3.05) is 38.8 Å². The summed E-state index contributed by atoms with van der Waals surface area (Å²) in [5, 5.41) is 0. The van der Waals surface area contributed by atoms with Crippen LogP contribution in [0.4, 0.5) is 5.69 Å². The van der Waals surface area contributed by atoms with Gasteiger partial charge in [0.15, 0.2) is 11.5 Å². The van der Waals surface area contributed by atoms with Crippen LogP contribution in [0.2, 0.25) is 0 Å². The highest BCUT2D eigenvalue weighted by molar-refractivity contribution is 6.00. The highest BCUT2D eigenvalue weighted by Gasteiger charge is 2.37. The summed E-state index contributed by atoms with van der Waals surface area (Å²) in [7, 11) is 3.14. The normalized spacial score (nSPS) is 16.9. The quantitative estimate of drug-likeness (QED) is 0.725. The maximum Gasteiger partial charge on any atom is 0.228 e. The van der Waals surface area contributed by atoms with Crippen molar-refractivity contribution in [3.63, 3.8) is 0 Å². The van der Waals surface area contributed by atoms with Gasteiger partial charge in [0.2, 0.25) is 11.8 Å². The molecule has 0 spiro atoms. The van der Waals surface area contributed by atoms with Gasteiger partial charge in [0.25, 0.3) is 0 Å². The Morgan fingerprint density at radius 3 is 2.36 bits per heavy atom. The average molecular weight is 348 g/mol. The van der Waals surface area contributed by atoms with Gasteiger partial charge in [-0.1, -0.05) is 13.8 Å². The molecule has 1 saturated heterocycles. The summed E-state index contributed by atoms with van der Waals surface area (Å²) < 4.78 is 10.5. The minimum absolute atomic E-state index is 0.0292. The van der Waals surface area contributed by atoms with Gasteiger partial charge in [0.05, 0.1) is 20.1 Å². The van der Waals surface area contributed by atoms with E-state index >= 15 is 0 Å². The Hall–Kier alpha value is -2.24. The molecule has 2 amide bonds. The van der Waals surface area contributed by atoms with Crippen LogP contribution in [0, 0.1) is 5.92 Å². The van der Waals surface area contributed by atoms with Gasteiger partial charge < -0.3 is 19.3 Å². The van der Waals surface area contributed by atoms with E-state index in [0.717, 1.165) is 31.6 Å². The van der Waals surface area contributed by atoms with Crippen LogP contribution in [0.25, 0.3) is 0 Å². The van der Waals surface area contributed by atoms with Crippen LogP contribution in [-0.2, 0) is 9.59 Å². The van der Waals surface area contributed by atoms with E-state index in [0.29, 0.717) is 18.0 Å². The van der Waals surface area contributed by atoms with Gasteiger partial charge >= 0.3 is 0 Å². The Morgan fingerprint density at radius 2 is 1.80 bits per heavy atom. The van der Waals surface area contributed by atoms with Crippen LogP contribution in [0.5, 0.6) is 11.5 Å². The zero-order chi connectivity index (χ0) is 18.4. The van der Waals surface area contributed by atoms with E-state index in [1.807, 2.05) is 11.0 Å². The third kappa shape index (κ3) is 4.24. The first-order valence-corrected chi connectivity index (χ1v) is 8.86. The Bertz CT molecular complexity index is 611. The van der Waals surface area contributed by atoms with Crippen molar-refractivity contribution >= 4 is 17.5 Å². The summed E-state index contributed by atoms with van der Waals surface area (Å²) in [5.74, 6) is 0.959. The van der Waals surface area contributed by atoms with Gasteiger partial charge in [0.1, 0.15) is 0 Å². The lowest BCUT2D eigenvalue weighted by molar-refractivity contribution is -0.135. The molecular formula is C19H28N2O4. The molecule has 1 atom stereocenters. The van der Waals surface area contributed by atoms with E-state index in [-0.39, 0.29) is 24.2 Å². The van der Waals surface area contributed by atoms with Crippen molar-refractivity contribution in [2.45, 2.75) is 33.1 Å². The summed E-state index contributed by atoms with van der Waals surface area (Å²) in [6.45, 7) is 6.02. The van der Waals surface area contributed by atoms with Crippen molar-refractivity contribution in [3.8, 4) is 11.5 Å². The van der Waals surface area contributed by atoms with E-state index < -0.39 is 0 Å². The first kappa shape index (κ1) is 19.1. The highest BCUT2D eigenvalue weighted by atomic mass is 16.5. The van der Waals surface area contributed by atoms with Gasteiger partial charge in [-0.3, -0.25) is 9.59 Å². The standard InChI is InChI=1S/C19H28N2O4/c1-5-9-20(10-6-2)19(23)14-11-18(22)21(13-14)15-7-8-16(24-3)17(12-15)25-4/h7-8,12,14H,5-6,9-11,13H2,1-4H3. The van der Waals surface area contributed by atoms with Crippen LogP contribution in [0.3, 0.4) is 0 Å². The zero-order valence-corrected chi connectivity index (χ0v) is 15.6. The van der Waals surface area contributed by atoms with Gasteiger partial charge in [-0.15, -0.1) is 0 Å². The molecule has 0 aromatic heterocycles. The molecule has 25 heavy (non-hydrogen) atoms. The van der Waals surface area contributed by atoms with E-state index in [2.05, 4.69) is 13.8 Å². The number of hydrogen-bond donors (Lipinski definition) is 0. The molecule has 1 fully saturated rings. The maximum absolute atomic E-state index is 12.8. The predicted octanol–water partition coefficient (Wildman–Crippen LogP) is 2.71. The SMILES string of the molecule is CCCN(CCC)C(=O)C1CC(=O)N(c2ccc(OC)c(OC)c2)C1. The fourth-order valence-corrected chi connectivity index (χ4v) is 3.25. The van der Waals surface area contributed by atoms with Gasteiger partial charge in [0, 0.05) is 37.8 Å². The van der Waals surface area contributed by atoms with Crippen LogP contribution in [0.1, 0.15) is 33.1 Å². The molecule has 0 radical (unpaired) electrons. The van der Waals surface area contributed by atoms with Crippen molar-refractivity contribution in [1.82, 2.24) is 4.90 Å². The van der Waals surface area contributed by atoms with E-state index in [1.54, 1.807) is 31.3 Å². The summed E-state index contributed by atoms with van der Waals surface area (Å²) >= 11 is 0. The van der Waals surface area contributed by atoms with Crippen LogP contribution in [0.15, 0.2) is 18.2 Å². The lowest BCUT2D eigenvalue weighted by atomic mass is 10.1. The molecule has 1 heterocycles. The van der Waals surface area contributed by atoms with E-state index in [4.69, 9.17) is 9.47 Å². The minimum atomic E-state index is -0.279. The molecule has 0 aliphatic carbocycles. The van der Waals surface area contributed by atoms with Gasteiger partial charge in [-0.2, -0.15) is 0 Å². The fraction of sp³-hybridized carbons (Fsp3) is 0.579. The van der Waals surface area contributed by atoms with Gasteiger partial charge in [-0.05, 0) is 25.0 Å². The van der Waals surface area contributed by atoms with E-state index in [1.165, 1.54) is 0 Å². The molecule has 2 rings (SSSR count). The third-order valence-electron chi connectivity index (χ3n) is 4.45. The molecule has 1 aliphatic rings. The summed E-state index contributed by atoms with van der Waals surface area (Å²) in [6, 6.07) is 5.37. The number of benzene rings is 1. The largest absolute Gasteiger partial charge is 0.493 e. The lowest BCUT2D eigenvalue weighted by Gasteiger charge is -2.25. The Morgan fingerprint density at radius 1 is 1.16 bits per heavy atom. The molecule has 1 aromatic rings. The first-order valence-electron chi connectivity index (χ1n) is 8.86. The van der Waals surface area contributed by atoms with Crippen molar-refractivity contribution in [3.05, 3.63) is 18.2 Å². The molecule has 138 valence electrons. The Balaban J connectivity index is 2.15. The summed E-state index contributed by atoms with van der Waals surface area (Å²) in [5.41, 5.74) is 0.732. The number of carbonyl (C=O) groups is 2. The number of methoxy groups -OCH3 is 2. The number of hydrogen-bond acceptors (Lipinski definition) is 4. The smallest absolute Gasteiger partial charge is 0.228 e. The number of carbonyl (C=O) groups excluding carboxylic acids is 2. The second-order valence-corrected chi connectivity index (χ2v) is 6.27. The number of nitrogens with zero attached hydrogens (tertiary/aromatic N) is 2. The van der Waals surface area contributed by atoms with Crippen LogP contribution >= 0.6 is 0 Å². The average Bonchev–Trinajstić information content (AvgIpc) is 3.02. The monoisotopic (exact) mass is 348 g/mol. The topological polar surface area (TPSA) is 59.1 Å². The third-order valence-corrected chi connectivity index (χ3v) is 4.45. The Kier molecular flexibility index (Phi) is 6.67. The summed E-state index contributed by atoms with van der Waals surface area (Å²) in [6.07, 6.45) is 2.11. The molecular weight excluding hydrogens is 320 g/mol. The molecule has 0 saturated carbocycles. The Labute approximate surface area is 149 Å². The molecule has 0 N–H and O–H groups in total. The second kappa shape index (κ2) is 8.74. The first-order chi connectivity index (χ1) is 12.0. The van der Waals surface area contributed by atoms with Crippen LogP contribution in [-0.4, -0.2) is 50.6 Å². The second-order valence-electron chi connectivity index (χ2n) is 6.27. The lowest BCUT2D eigenvalue weighted by Crippen LogP contribution is -2.38. The highest BCUT2D eigenvalue weighted by Crippen LogP contribution is 2.34. The molecule has 1 aromatic carbocycles. The maximum atomic E-state index is 12.8. The fourth-order valence-electron chi connectivity index (χ4n) is 3.25. The number of ether oxygens (including phenoxy) is 2. The number of anilines is 1. The zero-order valence-electron chi connectivity index (χ0n) is 15.6. The van der Waals surface area contributed by atoms with Gasteiger partial charge in [-0.25, -0.2) is 0 Å². The number of rotatable bonds is 8. The molecule has 6 heteroatoms. The van der Waals surface area contributed by atoms with Crippen molar-refractivity contribution in [2.24, 2.45) is 5.92 Å². The van der Waals surface area contributed by atoms with Crippen molar-refractivity contribution < 1.29 is 19.1 Å². The predicted molar refractivity (Wildman–Crippen MR) is 97.2 cm³/mol. The van der Waals surface area contributed by atoms with Crippen molar-refractivity contribution in [1.29, 1.82) is 0 Å². The summed E-state index contributed by atoms with van der Waals surface area (Å²) in [4.78, 5) is 28.8. The molecule has 0 bridgehead atoms. The molecule has 1 unspecified atom stereocenters. The van der Waals surface area contributed by atoms with E-state index in [9.17, 15) is 9.59 Å². The number of amides is 2. The molecule has 1 aliphatic heterocycles.